The molecular formula is C22H31BO4S. The number of thiophene rings is 1. The van der Waals surface area contributed by atoms with Crippen molar-refractivity contribution in [2.75, 3.05) is 13.4 Å². The van der Waals surface area contributed by atoms with Gasteiger partial charge in [-0.1, -0.05) is 17.7 Å². The molecule has 1 aliphatic heterocycles. The average molecular weight is 402 g/mol. The largest absolute Gasteiger partial charge is 0.509 e. The maximum Gasteiger partial charge on any atom is 0.509 e. The molecule has 0 saturated carbocycles. The Bertz CT molecular complexity index is 817. The summed E-state index contributed by atoms with van der Waals surface area (Å²) in [5.74, 6) is 0.798. The highest BCUT2D eigenvalue weighted by Gasteiger charge is 2.53. The van der Waals surface area contributed by atoms with E-state index >= 15 is 0 Å². The number of benzene rings is 1. The molecule has 6 heteroatoms. The van der Waals surface area contributed by atoms with Crippen LogP contribution in [0.4, 0.5) is 0 Å². The summed E-state index contributed by atoms with van der Waals surface area (Å²) in [5.41, 5.74) is 5.22. The van der Waals surface area contributed by atoms with Crippen LogP contribution < -0.4 is 9.51 Å². The van der Waals surface area contributed by atoms with Crippen LogP contribution >= 0.6 is 11.3 Å². The van der Waals surface area contributed by atoms with E-state index in [1.165, 1.54) is 22.3 Å². The van der Waals surface area contributed by atoms with Crippen molar-refractivity contribution in [1.29, 1.82) is 0 Å². The molecule has 28 heavy (non-hydrogen) atoms. The lowest BCUT2D eigenvalue weighted by molar-refractivity contribution is 0.00578. The molecule has 0 bridgehead atoms. The first kappa shape index (κ1) is 21.4. The van der Waals surface area contributed by atoms with Crippen LogP contribution in [0.15, 0.2) is 17.5 Å². The van der Waals surface area contributed by atoms with Crippen molar-refractivity contribution in [3.05, 3.63) is 34.2 Å². The third-order valence-corrected chi connectivity index (χ3v) is 6.66. The first-order chi connectivity index (χ1) is 13.1. The lowest BCUT2D eigenvalue weighted by Gasteiger charge is -2.32. The topological polar surface area (TPSA) is 36.9 Å². The Morgan fingerprint density at radius 1 is 1.00 bits per heavy atom. The Labute approximate surface area is 173 Å². The highest BCUT2D eigenvalue weighted by atomic mass is 32.1. The van der Waals surface area contributed by atoms with Crippen molar-refractivity contribution in [1.82, 2.24) is 0 Å². The predicted molar refractivity (Wildman–Crippen MR) is 117 cm³/mol. The van der Waals surface area contributed by atoms with Crippen molar-refractivity contribution in [3.8, 4) is 16.9 Å². The second-order valence-corrected chi connectivity index (χ2v) is 9.37. The lowest BCUT2D eigenvalue weighted by Crippen LogP contribution is -2.41. The normalized spacial score (nSPS) is 17.9. The molecule has 4 nitrogen and oxygen atoms in total. The van der Waals surface area contributed by atoms with E-state index < -0.39 is 18.3 Å². The minimum absolute atomic E-state index is 0.205. The molecule has 0 atom stereocenters. The van der Waals surface area contributed by atoms with Crippen molar-refractivity contribution in [2.45, 2.75) is 66.6 Å². The van der Waals surface area contributed by atoms with Gasteiger partial charge in [-0.2, -0.15) is 0 Å². The lowest BCUT2D eigenvalue weighted by atomic mass is 9.85. The van der Waals surface area contributed by atoms with Gasteiger partial charge in [0.1, 0.15) is 5.75 Å². The summed E-state index contributed by atoms with van der Waals surface area (Å²) in [7, 11) is -0.452. The summed E-state index contributed by atoms with van der Waals surface area (Å²) in [6.07, 6.45) is 0. The third-order valence-electron chi connectivity index (χ3n) is 5.68. The van der Waals surface area contributed by atoms with Gasteiger partial charge < -0.3 is 18.8 Å². The quantitative estimate of drug-likeness (QED) is 0.387. The second kappa shape index (κ2) is 7.83. The number of hydrogen-bond donors (Lipinski definition) is 0. The first-order valence-electron chi connectivity index (χ1n) is 9.83. The molecule has 1 fully saturated rings. The molecule has 0 aliphatic carbocycles. The molecule has 0 radical (unpaired) electrons. The maximum absolute atomic E-state index is 6.29. The zero-order valence-corrected chi connectivity index (χ0v) is 19.1. The summed E-state index contributed by atoms with van der Waals surface area (Å²) in [4.78, 5) is 0. The van der Waals surface area contributed by atoms with Gasteiger partial charge in [0.15, 0.2) is 6.79 Å². The number of aryl methyl sites for hydroxylation is 3. The van der Waals surface area contributed by atoms with Gasteiger partial charge in [0, 0.05) is 17.6 Å². The number of hydrogen-bond acceptors (Lipinski definition) is 5. The minimum Gasteiger partial charge on any atom is -0.466 e. The van der Waals surface area contributed by atoms with E-state index in [1.807, 2.05) is 6.92 Å². The maximum atomic E-state index is 6.29. The number of rotatable bonds is 6. The van der Waals surface area contributed by atoms with Crippen LogP contribution in [0.3, 0.4) is 0 Å². The molecule has 3 rings (SSSR count). The average Bonchev–Trinajstić information content (AvgIpc) is 3.05. The Kier molecular flexibility index (Phi) is 5.97. The van der Waals surface area contributed by atoms with Crippen molar-refractivity contribution in [3.63, 3.8) is 0 Å². The van der Waals surface area contributed by atoms with Crippen LogP contribution in [0.5, 0.6) is 5.75 Å². The van der Waals surface area contributed by atoms with Crippen molar-refractivity contribution >= 4 is 23.2 Å². The Balaban J connectivity index is 2.06. The molecule has 2 heterocycles. The van der Waals surface area contributed by atoms with E-state index in [2.05, 4.69) is 66.0 Å². The molecular weight excluding hydrogens is 371 g/mol. The predicted octanol–water partition coefficient (Wildman–Crippen LogP) is 5.01. The standard InChI is InChI=1S/C22H31BO4S/c1-9-24-13-25-19-17(18-15(3)10-14(2)11-16(18)4)12-28-20(19)23-26-21(5,6)22(7,8)27-23/h10-12H,9,13H2,1-8H3. The van der Waals surface area contributed by atoms with E-state index in [0.29, 0.717) is 6.61 Å². The van der Waals surface area contributed by atoms with E-state index in [4.69, 9.17) is 18.8 Å². The SMILES string of the molecule is CCOCOc1c(-c2c(C)cc(C)cc2C)csc1B1OC(C)(C)C(C)(C)O1. The highest BCUT2D eigenvalue weighted by molar-refractivity contribution is 7.21. The number of ether oxygens (including phenoxy) is 2. The molecule has 0 N–H and O–H groups in total. The van der Waals surface area contributed by atoms with Gasteiger partial charge in [0.2, 0.25) is 0 Å². The monoisotopic (exact) mass is 402 g/mol. The smallest absolute Gasteiger partial charge is 0.466 e. The molecule has 0 spiro atoms. The van der Waals surface area contributed by atoms with Gasteiger partial charge in [-0.3, -0.25) is 0 Å². The molecule has 0 amide bonds. The van der Waals surface area contributed by atoms with Crippen molar-refractivity contribution in [2.24, 2.45) is 0 Å². The summed E-state index contributed by atoms with van der Waals surface area (Å²) in [6.45, 7) is 17.5. The summed E-state index contributed by atoms with van der Waals surface area (Å²) >= 11 is 1.62. The Morgan fingerprint density at radius 3 is 2.11 bits per heavy atom. The zero-order chi connectivity index (χ0) is 20.7. The third kappa shape index (κ3) is 3.88. The van der Waals surface area contributed by atoms with Crippen LogP contribution in [-0.4, -0.2) is 31.7 Å². The van der Waals surface area contributed by atoms with Crippen LogP contribution in [0.25, 0.3) is 11.1 Å². The Morgan fingerprint density at radius 2 is 1.57 bits per heavy atom. The molecule has 2 aromatic rings. The Hall–Kier alpha value is -1.34. The highest BCUT2D eigenvalue weighted by Crippen LogP contribution is 2.41. The summed E-state index contributed by atoms with van der Waals surface area (Å²) in [6, 6.07) is 4.42. The van der Waals surface area contributed by atoms with Crippen LogP contribution in [0.2, 0.25) is 0 Å². The molecule has 1 aromatic carbocycles. The van der Waals surface area contributed by atoms with E-state index in [1.54, 1.807) is 11.3 Å². The minimum atomic E-state index is -0.452. The van der Waals surface area contributed by atoms with Gasteiger partial charge in [0.05, 0.1) is 16.0 Å². The fraction of sp³-hybridized carbons (Fsp3) is 0.545. The second-order valence-electron chi connectivity index (χ2n) is 8.46. The van der Waals surface area contributed by atoms with Gasteiger partial charge in [0.25, 0.3) is 0 Å². The first-order valence-corrected chi connectivity index (χ1v) is 10.7. The van der Waals surface area contributed by atoms with Crippen molar-refractivity contribution < 1.29 is 18.8 Å². The van der Waals surface area contributed by atoms with Gasteiger partial charge in [-0.15, -0.1) is 11.3 Å². The van der Waals surface area contributed by atoms with E-state index in [0.717, 1.165) is 16.1 Å². The molecule has 0 unspecified atom stereocenters. The summed E-state index contributed by atoms with van der Waals surface area (Å²) in [5, 5.41) is 2.15. The van der Waals surface area contributed by atoms with Crippen LogP contribution in [-0.2, 0) is 14.0 Å². The van der Waals surface area contributed by atoms with Gasteiger partial charge in [-0.25, -0.2) is 0 Å². The molecule has 1 aliphatic rings. The van der Waals surface area contributed by atoms with Gasteiger partial charge in [-0.05, 0) is 72.1 Å². The fourth-order valence-electron chi connectivity index (χ4n) is 3.58. The van der Waals surface area contributed by atoms with E-state index in [9.17, 15) is 0 Å². The molecule has 1 aromatic heterocycles. The fourth-order valence-corrected chi connectivity index (χ4v) is 4.54. The van der Waals surface area contributed by atoms with E-state index in [-0.39, 0.29) is 6.79 Å². The van der Waals surface area contributed by atoms with Gasteiger partial charge >= 0.3 is 7.12 Å². The zero-order valence-electron chi connectivity index (χ0n) is 18.3. The van der Waals surface area contributed by atoms with Crippen LogP contribution in [0.1, 0.15) is 51.3 Å². The molecule has 152 valence electrons. The summed E-state index contributed by atoms with van der Waals surface area (Å²) < 4.78 is 25.1. The molecule has 1 saturated heterocycles. The van der Waals surface area contributed by atoms with Crippen LogP contribution in [0, 0.1) is 20.8 Å².